The van der Waals surface area contributed by atoms with Crippen molar-refractivity contribution in [1.82, 2.24) is 9.55 Å². The Morgan fingerprint density at radius 1 is 1.37 bits per heavy atom. The molecule has 1 heterocycles. The number of nitrogens with zero attached hydrogens (tertiary/aromatic N) is 2. The lowest BCUT2D eigenvalue weighted by atomic mass is 9.95. The zero-order chi connectivity index (χ0) is 14.2. The molecule has 0 radical (unpaired) electrons. The Bertz CT molecular complexity index is 602. The van der Waals surface area contributed by atoms with Crippen LogP contribution in [0.4, 0.5) is 10.3 Å². The molecule has 0 spiro atoms. The Kier molecular flexibility index (Phi) is 3.39. The number of rotatable bonds is 4. The van der Waals surface area contributed by atoms with Gasteiger partial charge in [0, 0.05) is 17.7 Å². The summed E-state index contributed by atoms with van der Waals surface area (Å²) >= 11 is 0. The summed E-state index contributed by atoms with van der Waals surface area (Å²) in [4.78, 5) is 4.26. The molecule has 104 valence electrons. The maximum atomic E-state index is 13.7. The van der Waals surface area contributed by atoms with Gasteiger partial charge in [0.1, 0.15) is 0 Å². The molecule has 0 atom stereocenters. The molecule has 0 unspecified atom stereocenters. The maximum Gasteiger partial charge on any atom is 0.201 e. The normalized spacial score (nSPS) is 12.1. The summed E-state index contributed by atoms with van der Waals surface area (Å²) in [5.41, 5.74) is 7.25. The molecule has 0 aliphatic heterocycles. The highest BCUT2D eigenvalue weighted by molar-refractivity contribution is 5.80. The number of benzene rings is 1. The van der Waals surface area contributed by atoms with Gasteiger partial charge in [-0.2, -0.15) is 0 Å². The number of halogens is 1. The molecule has 0 saturated carbocycles. The van der Waals surface area contributed by atoms with Crippen LogP contribution in [-0.2, 0) is 5.54 Å². The average Bonchev–Trinajstić information content (AvgIpc) is 2.72. The Morgan fingerprint density at radius 2 is 2.00 bits per heavy atom. The summed E-state index contributed by atoms with van der Waals surface area (Å²) in [6, 6.07) is 3.03. The molecular formula is C14H20FN3O. The monoisotopic (exact) mass is 265 g/mol. The zero-order valence-electron chi connectivity index (χ0n) is 11.8. The summed E-state index contributed by atoms with van der Waals surface area (Å²) in [6.07, 6.45) is 1.83. The fourth-order valence-corrected chi connectivity index (χ4v) is 2.39. The van der Waals surface area contributed by atoms with Crippen LogP contribution in [0.1, 0.15) is 33.6 Å². The van der Waals surface area contributed by atoms with Gasteiger partial charge in [-0.15, -0.1) is 0 Å². The van der Waals surface area contributed by atoms with E-state index in [4.69, 9.17) is 10.5 Å². The SMILES string of the molecule is CCC(C)(CC)n1c(N)nc2cc(F)c(OC)cc21. The van der Waals surface area contributed by atoms with E-state index in [-0.39, 0.29) is 11.3 Å². The Hall–Kier alpha value is -1.78. The highest BCUT2D eigenvalue weighted by Gasteiger charge is 2.27. The van der Waals surface area contributed by atoms with Crippen LogP contribution in [-0.4, -0.2) is 16.7 Å². The number of ether oxygens (including phenoxy) is 1. The topological polar surface area (TPSA) is 53.1 Å². The Balaban J connectivity index is 2.77. The smallest absolute Gasteiger partial charge is 0.201 e. The minimum atomic E-state index is -0.422. The van der Waals surface area contributed by atoms with Crippen LogP contribution in [0.3, 0.4) is 0 Å². The summed E-state index contributed by atoms with van der Waals surface area (Å²) in [5.74, 6) is 0.200. The van der Waals surface area contributed by atoms with Crippen molar-refractivity contribution < 1.29 is 9.13 Å². The number of aromatic nitrogens is 2. The molecule has 2 rings (SSSR count). The van der Waals surface area contributed by atoms with Crippen LogP contribution >= 0.6 is 0 Å². The van der Waals surface area contributed by atoms with E-state index < -0.39 is 5.82 Å². The van der Waals surface area contributed by atoms with Gasteiger partial charge in [0.2, 0.25) is 5.95 Å². The average molecular weight is 265 g/mol. The van der Waals surface area contributed by atoms with Crippen molar-refractivity contribution in [1.29, 1.82) is 0 Å². The molecule has 19 heavy (non-hydrogen) atoms. The molecule has 0 saturated heterocycles. The van der Waals surface area contributed by atoms with Crippen molar-refractivity contribution in [3.05, 3.63) is 17.9 Å². The second-order valence-corrected chi connectivity index (χ2v) is 4.98. The van der Waals surface area contributed by atoms with Crippen molar-refractivity contribution >= 4 is 17.0 Å². The van der Waals surface area contributed by atoms with Crippen LogP contribution in [0.15, 0.2) is 12.1 Å². The maximum absolute atomic E-state index is 13.7. The van der Waals surface area contributed by atoms with Crippen molar-refractivity contribution in [3.63, 3.8) is 0 Å². The molecule has 0 amide bonds. The summed E-state index contributed by atoms with van der Waals surface area (Å²) in [6.45, 7) is 6.34. The standard InChI is InChI=1S/C14H20FN3O/c1-5-14(3,6-2)18-11-8-12(19-4)9(15)7-10(11)17-13(18)16/h7-8H,5-6H2,1-4H3,(H2,16,17). The number of imidazole rings is 1. The predicted octanol–water partition coefficient (Wildman–Crippen LogP) is 3.30. The molecule has 4 nitrogen and oxygen atoms in total. The second kappa shape index (κ2) is 4.72. The quantitative estimate of drug-likeness (QED) is 0.922. The molecule has 0 aliphatic rings. The molecule has 2 aromatic rings. The first-order valence-corrected chi connectivity index (χ1v) is 6.48. The predicted molar refractivity (Wildman–Crippen MR) is 74.9 cm³/mol. The number of hydrogen-bond donors (Lipinski definition) is 1. The molecule has 2 N–H and O–H groups in total. The third-order valence-electron chi connectivity index (χ3n) is 4.02. The molecule has 0 bridgehead atoms. The highest BCUT2D eigenvalue weighted by atomic mass is 19.1. The number of nitrogens with two attached hydrogens (primary N) is 1. The van der Waals surface area contributed by atoms with Crippen LogP contribution in [0, 0.1) is 5.82 Å². The molecule has 1 aromatic heterocycles. The van der Waals surface area contributed by atoms with Gasteiger partial charge in [-0.25, -0.2) is 9.37 Å². The Morgan fingerprint density at radius 3 is 2.53 bits per heavy atom. The van der Waals surface area contributed by atoms with E-state index in [1.807, 2.05) is 4.57 Å². The van der Waals surface area contributed by atoms with Crippen molar-refractivity contribution in [3.8, 4) is 5.75 Å². The van der Waals surface area contributed by atoms with E-state index in [2.05, 4.69) is 25.8 Å². The highest BCUT2D eigenvalue weighted by Crippen LogP contribution is 2.34. The van der Waals surface area contributed by atoms with Gasteiger partial charge in [-0.3, -0.25) is 0 Å². The first-order chi connectivity index (χ1) is 8.96. The van der Waals surface area contributed by atoms with E-state index in [1.165, 1.54) is 13.2 Å². The number of hydrogen-bond acceptors (Lipinski definition) is 3. The van der Waals surface area contributed by atoms with E-state index in [9.17, 15) is 4.39 Å². The van der Waals surface area contributed by atoms with Crippen LogP contribution in [0.25, 0.3) is 11.0 Å². The van der Waals surface area contributed by atoms with Crippen molar-refractivity contribution in [2.24, 2.45) is 0 Å². The second-order valence-electron chi connectivity index (χ2n) is 4.98. The fraction of sp³-hybridized carbons (Fsp3) is 0.500. The molecular weight excluding hydrogens is 245 g/mol. The Labute approximate surface area is 112 Å². The number of methoxy groups -OCH3 is 1. The molecule has 0 aliphatic carbocycles. The minimum Gasteiger partial charge on any atom is -0.494 e. The van der Waals surface area contributed by atoms with E-state index >= 15 is 0 Å². The first kappa shape index (κ1) is 13.6. The summed E-state index contributed by atoms with van der Waals surface area (Å²) in [7, 11) is 1.45. The lowest BCUT2D eigenvalue weighted by Crippen LogP contribution is -2.29. The van der Waals surface area contributed by atoms with E-state index in [0.717, 1.165) is 18.4 Å². The molecule has 5 heteroatoms. The van der Waals surface area contributed by atoms with Gasteiger partial charge in [-0.1, -0.05) is 13.8 Å². The lowest BCUT2D eigenvalue weighted by molar-refractivity contribution is 0.306. The van der Waals surface area contributed by atoms with Crippen LogP contribution in [0.2, 0.25) is 0 Å². The summed E-state index contributed by atoms with van der Waals surface area (Å²) < 4.78 is 20.7. The van der Waals surface area contributed by atoms with Gasteiger partial charge in [-0.05, 0) is 19.8 Å². The summed E-state index contributed by atoms with van der Waals surface area (Å²) in [5, 5.41) is 0. The van der Waals surface area contributed by atoms with Gasteiger partial charge in [0.25, 0.3) is 0 Å². The zero-order valence-corrected chi connectivity index (χ0v) is 11.8. The van der Waals surface area contributed by atoms with Gasteiger partial charge >= 0.3 is 0 Å². The largest absolute Gasteiger partial charge is 0.494 e. The van der Waals surface area contributed by atoms with Crippen LogP contribution in [0.5, 0.6) is 5.75 Å². The molecule has 1 aromatic carbocycles. The van der Waals surface area contributed by atoms with E-state index in [1.54, 1.807) is 6.07 Å². The fourth-order valence-electron chi connectivity index (χ4n) is 2.39. The number of nitrogen functional groups attached to an aromatic ring is 1. The lowest BCUT2D eigenvalue weighted by Gasteiger charge is -2.30. The first-order valence-electron chi connectivity index (χ1n) is 6.48. The van der Waals surface area contributed by atoms with Gasteiger partial charge in [0.15, 0.2) is 11.6 Å². The minimum absolute atomic E-state index is 0.137. The van der Waals surface area contributed by atoms with E-state index in [0.29, 0.717) is 11.5 Å². The van der Waals surface area contributed by atoms with Gasteiger partial charge < -0.3 is 15.0 Å². The number of fused-ring (bicyclic) bond motifs is 1. The van der Waals surface area contributed by atoms with Crippen LogP contribution < -0.4 is 10.5 Å². The van der Waals surface area contributed by atoms with Crippen molar-refractivity contribution in [2.45, 2.75) is 39.2 Å². The third-order valence-corrected chi connectivity index (χ3v) is 4.02. The van der Waals surface area contributed by atoms with Gasteiger partial charge in [0.05, 0.1) is 18.1 Å². The van der Waals surface area contributed by atoms with Crippen molar-refractivity contribution in [2.75, 3.05) is 12.8 Å². The third kappa shape index (κ3) is 2.03. The number of anilines is 1. The molecule has 0 fully saturated rings.